The molecule has 1 fully saturated rings. The third kappa shape index (κ3) is 8.74. The lowest BCUT2D eigenvalue weighted by atomic mass is 10.00. The Labute approximate surface area is 319 Å². The normalized spacial score (nSPS) is 18.3. The Morgan fingerprint density at radius 1 is 1.02 bits per heavy atom. The summed E-state index contributed by atoms with van der Waals surface area (Å²) >= 11 is 0.0552. The number of piperidine rings is 1. The molecule has 6 nitrogen and oxygen atoms in total. The first kappa shape index (κ1) is 24.7. The van der Waals surface area contributed by atoms with Gasteiger partial charge in [0.25, 0.3) is 0 Å². The molecule has 1 amide bonds. The zero-order valence-electron chi connectivity index (χ0n) is 39.2. The van der Waals surface area contributed by atoms with Gasteiger partial charge in [-0.1, -0.05) is 60.6 Å². The monoisotopic (exact) mass is 747 g/mol. The smallest absolute Gasteiger partial charge is 0.383 e. The summed E-state index contributed by atoms with van der Waals surface area (Å²) in [6.45, 7) is -3.77. The fourth-order valence-corrected chi connectivity index (χ4v) is 6.70. The van der Waals surface area contributed by atoms with Crippen LogP contribution in [0.25, 0.3) is 22.0 Å². The van der Waals surface area contributed by atoms with Gasteiger partial charge >= 0.3 is 6.18 Å². The Morgan fingerprint density at radius 3 is 2.40 bits per heavy atom. The van der Waals surface area contributed by atoms with Crippen molar-refractivity contribution in [3.05, 3.63) is 135 Å². The number of nitrogens with zero attached hydrogens (tertiary/aromatic N) is 3. The third-order valence-electron chi connectivity index (χ3n) is 8.66. The molecular formula is C40H38F5N3O3S. The first-order valence-electron chi connectivity index (χ1n) is 21.9. The summed E-state index contributed by atoms with van der Waals surface area (Å²) in [6, 6.07) is 8.74. The molecule has 1 aromatic heterocycles. The van der Waals surface area contributed by atoms with E-state index < -0.39 is 125 Å². The van der Waals surface area contributed by atoms with Crippen LogP contribution in [0.3, 0.4) is 0 Å². The number of amides is 1. The number of methoxy groups -OCH3 is 1. The standard InChI is InChI=1S/C40H38F5N3O3S/c1-51-22-21-46-19-17-32(18-20-46)47(24-27-9-11-28(12-10-27)29-13-15-31(16-14-29)40(43,44)45)37(50)25-48-35-8-3-2-6-33(35)36(49)23-38(48)52-26-30-5-4-7-34(41)39(30)42/h2-16,23,32H,17-22,24-26H2,1H3/i1D3,2D,3D,6D,8D,22D2,23D,26D2. The summed E-state index contributed by atoms with van der Waals surface area (Å²) in [6.07, 6.45) is -4.19. The molecule has 0 saturated carbocycles. The Kier molecular flexibility index (Phi) is 7.80. The second-order valence-corrected chi connectivity index (χ2v) is 12.7. The minimum absolute atomic E-state index is 0.0552. The number of hydrogen-bond acceptors (Lipinski definition) is 5. The number of alkyl halides is 3. The summed E-state index contributed by atoms with van der Waals surface area (Å²) in [4.78, 5) is 31.6. The van der Waals surface area contributed by atoms with Gasteiger partial charge in [-0.3, -0.25) is 9.59 Å². The summed E-state index contributed by atoms with van der Waals surface area (Å²) in [5, 5.41) is -1.32. The molecule has 0 N–H and O–H groups in total. The minimum Gasteiger partial charge on any atom is -0.383 e. The van der Waals surface area contributed by atoms with Crippen LogP contribution in [0, 0.1) is 11.6 Å². The lowest BCUT2D eigenvalue weighted by molar-refractivity contribution is -0.137. The van der Waals surface area contributed by atoms with Gasteiger partial charge in [-0.15, -0.1) is 11.8 Å². The Hall–Kier alpha value is -4.52. The largest absolute Gasteiger partial charge is 0.416 e. The molecule has 0 bridgehead atoms. The Bertz CT molecular complexity index is 2630. The van der Waals surface area contributed by atoms with Gasteiger partial charge in [0.2, 0.25) is 5.91 Å². The van der Waals surface area contributed by atoms with Gasteiger partial charge in [0.05, 0.1) is 36.4 Å². The molecule has 2 heterocycles. The van der Waals surface area contributed by atoms with E-state index in [2.05, 4.69) is 4.74 Å². The number of carbonyl (C=O) groups is 1. The maximum atomic E-state index is 15.0. The molecule has 0 unspecified atom stereocenters. The van der Waals surface area contributed by atoms with Gasteiger partial charge < -0.3 is 19.1 Å². The van der Waals surface area contributed by atoms with Crippen molar-refractivity contribution in [1.29, 1.82) is 0 Å². The van der Waals surface area contributed by atoms with Gasteiger partial charge in [-0.25, -0.2) is 8.78 Å². The van der Waals surface area contributed by atoms with Crippen LogP contribution < -0.4 is 5.43 Å². The number of aromatic nitrogens is 1. The number of carbonyl (C=O) groups excluding carboxylic acids is 1. The average Bonchev–Trinajstić information content (AvgIpc) is 3.21. The lowest BCUT2D eigenvalue weighted by Crippen LogP contribution is -2.48. The zero-order valence-corrected chi connectivity index (χ0v) is 28.1. The molecular weight excluding hydrogens is 698 g/mol. The van der Waals surface area contributed by atoms with Crippen LogP contribution >= 0.6 is 11.8 Å². The molecule has 1 aliphatic heterocycles. The summed E-state index contributed by atoms with van der Waals surface area (Å²) in [5.74, 6) is -3.75. The van der Waals surface area contributed by atoms with Gasteiger partial charge in [0.15, 0.2) is 17.1 Å². The van der Waals surface area contributed by atoms with Crippen LogP contribution in [-0.2, 0) is 34.5 Å². The maximum absolute atomic E-state index is 15.0. The van der Waals surface area contributed by atoms with E-state index >= 15 is 4.39 Å². The van der Waals surface area contributed by atoms with Crippen LogP contribution in [0.4, 0.5) is 22.0 Å². The van der Waals surface area contributed by atoms with Gasteiger partial charge in [-0.2, -0.15) is 13.2 Å². The van der Waals surface area contributed by atoms with Crippen LogP contribution in [0.1, 0.15) is 46.0 Å². The topological polar surface area (TPSA) is 54.8 Å². The molecule has 4 aromatic carbocycles. The highest BCUT2D eigenvalue weighted by Gasteiger charge is 2.31. The molecule has 0 atom stereocenters. The van der Waals surface area contributed by atoms with Crippen molar-refractivity contribution in [2.45, 2.75) is 48.9 Å². The van der Waals surface area contributed by atoms with Gasteiger partial charge in [0, 0.05) is 64.7 Å². The number of thioether (sulfide) groups is 1. The average molecular weight is 748 g/mol. The van der Waals surface area contributed by atoms with E-state index in [0.717, 1.165) is 34.9 Å². The van der Waals surface area contributed by atoms with Crippen molar-refractivity contribution < 1.29 is 47.9 Å². The number of pyridine rings is 1. The van der Waals surface area contributed by atoms with Crippen LogP contribution in [-0.4, -0.2) is 59.5 Å². The molecule has 0 aliphatic carbocycles. The fourth-order valence-electron chi connectivity index (χ4n) is 5.93. The van der Waals surface area contributed by atoms with E-state index in [9.17, 15) is 27.2 Å². The summed E-state index contributed by atoms with van der Waals surface area (Å²) in [7, 11) is -3.02. The maximum Gasteiger partial charge on any atom is 0.416 e. The van der Waals surface area contributed by atoms with Crippen molar-refractivity contribution in [3.8, 4) is 11.1 Å². The van der Waals surface area contributed by atoms with E-state index in [1.54, 1.807) is 29.2 Å². The molecule has 1 saturated heterocycles. The number of hydrogen-bond donors (Lipinski definition) is 0. The van der Waals surface area contributed by atoms with Crippen molar-refractivity contribution in [2.24, 2.45) is 0 Å². The fraction of sp³-hybridized carbons (Fsp3) is 0.300. The van der Waals surface area contributed by atoms with Crippen molar-refractivity contribution in [3.63, 3.8) is 0 Å². The number of para-hydroxylation sites is 1. The molecule has 5 aromatic rings. The number of halogens is 5. The highest BCUT2D eigenvalue weighted by Crippen LogP contribution is 2.32. The molecule has 0 radical (unpaired) electrons. The molecule has 12 heteroatoms. The molecule has 1 aliphatic rings. The Morgan fingerprint density at radius 2 is 1.71 bits per heavy atom. The predicted octanol–water partition coefficient (Wildman–Crippen LogP) is 8.40. The van der Waals surface area contributed by atoms with E-state index in [1.165, 1.54) is 17.0 Å². The van der Waals surface area contributed by atoms with Crippen LogP contribution in [0.5, 0.6) is 0 Å². The quantitative estimate of drug-likeness (QED) is 0.0949. The lowest BCUT2D eigenvalue weighted by Gasteiger charge is -2.39. The highest BCUT2D eigenvalue weighted by molar-refractivity contribution is 7.98. The van der Waals surface area contributed by atoms with Crippen LogP contribution in [0.15, 0.2) is 107 Å². The highest BCUT2D eigenvalue weighted by atomic mass is 32.2. The van der Waals surface area contributed by atoms with Gasteiger partial charge in [-0.05, 0) is 59.8 Å². The predicted molar refractivity (Wildman–Crippen MR) is 193 cm³/mol. The second kappa shape index (κ2) is 16.4. The summed E-state index contributed by atoms with van der Waals surface area (Å²) < 4.78 is 173. The van der Waals surface area contributed by atoms with E-state index in [0.29, 0.717) is 16.7 Å². The second-order valence-electron chi connectivity index (χ2n) is 11.9. The molecule has 0 spiro atoms. The number of fused-ring (bicyclic) bond motifs is 1. The Balaban J connectivity index is 1.42. The molecule has 272 valence electrons. The van der Waals surface area contributed by atoms with E-state index in [4.69, 9.17) is 16.4 Å². The minimum atomic E-state index is -4.54. The number of ether oxygens (including phenoxy) is 1. The zero-order chi connectivity index (χ0) is 47.3. The number of likely N-dealkylation sites (tertiary alicyclic amines) is 1. The number of rotatable bonds is 12. The van der Waals surface area contributed by atoms with Crippen LogP contribution in [0.2, 0.25) is 0 Å². The van der Waals surface area contributed by atoms with Crippen molar-refractivity contribution >= 4 is 28.6 Å². The number of benzene rings is 4. The van der Waals surface area contributed by atoms with E-state index in [1.807, 2.05) is 0 Å². The van der Waals surface area contributed by atoms with Gasteiger partial charge in [0.1, 0.15) is 6.54 Å². The molecule has 52 heavy (non-hydrogen) atoms. The third-order valence-corrected chi connectivity index (χ3v) is 9.50. The summed E-state index contributed by atoms with van der Waals surface area (Å²) in [5.41, 5.74) is -4.89. The first-order chi connectivity index (χ1) is 29.7. The van der Waals surface area contributed by atoms with E-state index in [-0.39, 0.29) is 44.2 Å². The van der Waals surface area contributed by atoms with Crippen molar-refractivity contribution in [2.75, 3.05) is 33.2 Å². The SMILES string of the molecule is [2H]c1c([2H])c([2H])c2c(c1[2H])c(=O)c([2H])c(SC([2H])([2H])c1cccc(F)c1F)n2CC(=O)N(Cc1ccc(-c2ccc(C(F)(F)F)cc2)cc1)C1CCN(CC([2H])([2H])OC([2H])([2H])[2H])CC1. The van der Waals surface area contributed by atoms with Crippen molar-refractivity contribution in [1.82, 2.24) is 14.4 Å². The first-order valence-corrected chi connectivity index (χ1v) is 16.8. The molecule has 6 rings (SSSR count).